The Bertz CT molecular complexity index is 481. The van der Waals surface area contributed by atoms with Crippen LogP contribution in [0.5, 0.6) is 0 Å². The molecule has 0 radical (unpaired) electrons. The van der Waals surface area contributed by atoms with Crippen molar-refractivity contribution in [2.24, 2.45) is 0 Å². The summed E-state index contributed by atoms with van der Waals surface area (Å²) in [5.41, 5.74) is -0.926. The molecule has 1 aliphatic heterocycles. The SMILES string of the molecule is CCNc1nc(N2CCOCC2CC)cc(C(F)(F)F)n1. The Morgan fingerprint density at radius 2 is 2.14 bits per heavy atom. The Morgan fingerprint density at radius 3 is 2.76 bits per heavy atom. The van der Waals surface area contributed by atoms with Crippen molar-refractivity contribution in [3.8, 4) is 0 Å². The van der Waals surface area contributed by atoms with Gasteiger partial charge >= 0.3 is 6.18 Å². The Hall–Kier alpha value is -1.57. The van der Waals surface area contributed by atoms with E-state index in [2.05, 4.69) is 15.3 Å². The predicted molar refractivity (Wildman–Crippen MR) is 73.4 cm³/mol. The zero-order valence-corrected chi connectivity index (χ0v) is 12.1. The topological polar surface area (TPSA) is 50.3 Å². The van der Waals surface area contributed by atoms with Gasteiger partial charge in [0.15, 0.2) is 5.69 Å². The summed E-state index contributed by atoms with van der Waals surface area (Å²) in [6.07, 6.45) is -3.71. The molecule has 2 heterocycles. The maximum Gasteiger partial charge on any atom is 0.433 e. The third-order valence-electron chi connectivity index (χ3n) is 3.33. The first kappa shape index (κ1) is 15.8. The van der Waals surface area contributed by atoms with Crippen molar-refractivity contribution >= 4 is 11.8 Å². The van der Waals surface area contributed by atoms with Crippen LogP contribution in [-0.4, -0.2) is 42.3 Å². The van der Waals surface area contributed by atoms with Crippen molar-refractivity contribution in [3.63, 3.8) is 0 Å². The number of alkyl halides is 3. The number of nitrogens with one attached hydrogen (secondary N) is 1. The van der Waals surface area contributed by atoms with E-state index >= 15 is 0 Å². The fourth-order valence-electron chi connectivity index (χ4n) is 2.26. The van der Waals surface area contributed by atoms with Crippen LogP contribution in [0.4, 0.5) is 24.9 Å². The largest absolute Gasteiger partial charge is 0.433 e. The van der Waals surface area contributed by atoms with Crippen LogP contribution in [0.3, 0.4) is 0 Å². The fourth-order valence-corrected chi connectivity index (χ4v) is 2.26. The number of nitrogens with zero attached hydrogens (tertiary/aromatic N) is 3. The minimum absolute atomic E-state index is 0.00340. The highest BCUT2D eigenvalue weighted by Gasteiger charge is 2.35. The zero-order chi connectivity index (χ0) is 15.5. The molecule has 2 rings (SSSR count). The second-order valence-electron chi connectivity index (χ2n) is 4.79. The second-order valence-corrected chi connectivity index (χ2v) is 4.79. The lowest BCUT2D eigenvalue weighted by Crippen LogP contribution is -2.45. The van der Waals surface area contributed by atoms with E-state index in [4.69, 9.17) is 4.74 Å². The summed E-state index contributed by atoms with van der Waals surface area (Å²) in [7, 11) is 0. The van der Waals surface area contributed by atoms with Crippen molar-refractivity contribution in [1.82, 2.24) is 9.97 Å². The molecular weight excluding hydrogens is 285 g/mol. The molecule has 0 amide bonds. The normalized spacial score (nSPS) is 19.7. The predicted octanol–water partition coefficient (Wildman–Crippen LogP) is 2.54. The average molecular weight is 304 g/mol. The van der Waals surface area contributed by atoms with Crippen molar-refractivity contribution in [3.05, 3.63) is 11.8 Å². The molecule has 0 saturated carbocycles. The van der Waals surface area contributed by atoms with Gasteiger partial charge in [0.1, 0.15) is 5.82 Å². The number of aromatic nitrogens is 2. The van der Waals surface area contributed by atoms with E-state index in [1.165, 1.54) is 0 Å². The molecule has 0 spiro atoms. The van der Waals surface area contributed by atoms with Gasteiger partial charge in [0, 0.05) is 19.2 Å². The van der Waals surface area contributed by atoms with E-state index in [9.17, 15) is 13.2 Å². The number of halogens is 3. The zero-order valence-electron chi connectivity index (χ0n) is 12.1. The van der Waals surface area contributed by atoms with Gasteiger partial charge in [-0.25, -0.2) is 4.98 Å². The van der Waals surface area contributed by atoms with Gasteiger partial charge in [0.2, 0.25) is 5.95 Å². The molecule has 0 aliphatic carbocycles. The van der Waals surface area contributed by atoms with Crippen LogP contribution in [0.15, 0.2) is 6.07 Å². The highest BCUT2D eigenvalue weighted by Crippen LogP contribution is 2.31. The van der Waals surface area contributed by atoms with Gasteiger partial charge in [-0.2, -0.15) is 18.2 Å². The third kappa shape index (κ3) is 3.75. The van der Waals surface area contributed by atoms with E-state index in [1.54, 1.807) is 6.92 Å². The lowest BCUT2D eigenvalue weighted by molar-refractivity contribution is -0.141. The molecule has 1 aliphatic rings. The van der Waals surface area contributed by atoms with Crippen LogP contribution >= 0.6 is 0 Å². The van der Waals surface area contributed by atoms with Crippen LogP contribution in [-0.2, 0) is 10.9 Å². The second kappa shape index (κ2) is 6.46. The van der Waals surface area contributed by atoms with Gasteiger partial charge < -0.3 is 15.0 Å². The van der Waals surface area contributed by atoms with E-state index < -0.39 is 11.9 Å². The van der Waals surface area contributed by atoms with Crippen molar-refractivity contribution < 1.29 is 17.9 Å². The molecule has 1 aromatic heterocycles. The lowest BCUT2D eigenvalue weighted by atomic mass is 10.1. The van der Waals surface area contributed by atoms with Crippen LogP contribution in [0.2, 0.25) is 0 Å². The summed E-state index contributed by atoms with van der Waals surface area (Å²) in [6.45, 7) is 5.73. The maximum absolute atomic E-state index is 13.0. The first-order valence-corrected chi connectivity index (χ1v) is 7.00. The molecule has 1 unspecified atom stereocenters. The number of ether oxygens (including phenoxy) is 1. The molecule has 1 saturated heterocycles. The van der Waals surface area contributed by atoms with Gasteiger partial charge in [0.05, 0.1) is 19.3 Å². The Kier molecular flexibility index (Phi) is 4.87. The van der Waals surface area contributed by atoms with E-state index in [-0.39, 0.29) is 12.0 Å². The summed E-state index contributed by atoms with van der Waals surface area (Å²) < 4.78 is 44.3. The van der Waals surface area contributed by atoms with Crippen LogP contribution in [0, 0.1) is 0 Å². The maximum atomic E-state index is 13.0. The minimum Gasteiger partial charge on any atom is -0.377 e. The Morgan fingerprint density at radius 1 is 1.38 bits per heavy atom. The first-order chi connectivity index (χ1) is 9.95. The highest BCUT2D eigenvalue weighted by molar-refractivity contribution is 5.47. The van der Waals surface area contributed by atoms with Gasteiger partial charge in [-0.15, -0.1) is 0 Å². The summed E-state index contributed by atoms with van der Waals surface area (Å²) in [4.78, 5) is 9.60. The third-order valence-corrected chi connectivity index (χ3v) is 3.33. The smallest absolute Gasteiger partial charge is 0.377 e. The van der Waals surface area contributed by atoms with Crippen molar-refractivity contribution in [1.29, 1.82) is 0 Å². The fraction of sp³-hybridized carbons (Fsp3) is 0.692. The number of anilines is 2. The van der Waals surface area contributed by atoms with Crippen molar-refractivity contribution in [2.75, 3.05) is 36.5 Å². The quantitative estimate of drug-likeness (QED) is 0.926. The van der Waals surface area contributed by atoms with Crippen LogP contribution < -0.4 is 10.2 Å². The highest BCUT2D eigenvalue weighted by atomic mass is 19.4. The number of morpholine rings is 1. The summed E-state index contributed by atoms with van der Waals surface area (Å²) in [6, 6.07) is 1.04. The standard InChI is InChI=1S/C13H19F3N4O/c1-3-9-8-21-6-5-20(9)11-7-10(13(14,15)16)18-12(19-11)17-4-2/h7,9H,3-6,8H2,1-2H3,(H,17,18,19). The van der Waals surface area contributed by atoms with Crippen LogP contribution in [0.1, 0.15) is 26.0 Å². The molecule has 0 bridgehead atoms. The number of hydrogen-bond donors (Lipinski definition) is 1. The average Bonchev–Trinajstić information content (AvgIpc) is 2.46. The summed E-state index contributed by atoms with van der Waals surface area (Å²) in [5, 5.41) is 2.75. The van der Waals surface area contributed by atoms with Crippen LogP contribution in [0.25, 0.3) is 0 Å². The van der Waals surface area contributed by atoms with Gasteiger partial charge in [-0.3, -0.25) is 0 Å². The van der Waals surface area contributed by atoms with E-state index in [0.717, 1.165) is 12.5 Å². The first-order valence-electron chi connectivity index (χ1n) is 7.00. The Balaban J connectivity index is 2.38. The van der Waals surface area contributed by atoms with Gasteiger partial charge in [-0.1, -0.05) is 6.92 Å². The molecular formula is C13H19F3N4O. The van der Waals surface area contributed by atoms with Gasteiger partial charge in [-0.05, 0) is 13.3 Å². The molecule has 0 aromatic carbocycles. The summed E-state index contributed by atoms with van der Waals surface area (Å²) >= 11 is 0. The molecule has 1 N–H and O–H groups in total. The summed E-state index contributed by atoms with van der Waals surface area (Å²) in [5.74, 6) is 0.298. The molecule has 1 aromatic rings. The Labute approximate surface area is 121 Å². The van der Waals surface area contributed by atoms with Crippen molar-refractivity contribution in [2.45, 2.75) is 32.5 Å². The molecule has 1 fully saturated rings. The number of rotatable bonds is 4. The van der Waals surface area contributed by atoms with E-state index in [0.29, 0.717) is 32.1 Å². The van der Waals surface area contributed by atoms with Gasteiger partial charge in [0.25, 0.3) is 0 Å². The number of hydrogen-bond acceptors (Lipinski definition) is 5. The van der Waals surface area contributed by atoms with E-state index in [1.807, 2.05) is 11.8 Å². The molecule has 1 atom stereocenters. The lowest BCUT2D eigenvalue weighted by Gasteiger charge is -2.36. The molecule has 118 valence electrons. The molecule has 21 heavy (non-hydrogen) atoms. The molecule has 5 nitrogen and oxygen atoms in total. The molecule has 8 heteroatoms. The monoisotopic (exact) mass is 304 g/mol. The minimum atomic E-state index is -4.49.